The van der Waals surface area contributed by atoms with Crippen LogP contribution in [0, 0.1) is 0 Å². The number of anilines is 1. The second-order valence-electron chi connectivity index (χ2n) is 5.30. The lowest BCUT2D eigenvalue weighted by molar-refractivity contribution is -0.134. The lowest BCUT2D eigenvalue weighted by Crippen LogP contribution is -2.25. The molecule has 0 saturated carbocycles. The van der Waals surface area contributed by atoms with Gasteiger partial charge in [0, 0.05) is 12.2 Å². The van der Waals surface area contributed by atoms with Crippen molar-refractivity contribution in [2.24, 2.45) is 10.7 Å². The molecule has 0 amide bonds. The molecule has 0 unspecified atom stereocenters. The summed E-state index contributed by atoms with van der Waals surface area (Å²) in [6, 6.07) is 6.83. The Balaban J connectivity index is 0.000000479. The minimum absolute atomic E-state index is 0.128. The fraction of sp³-hybridized carbons (Fsp3) is 0.188. The molecule has 0 radical (unpaired) electrons. The number of carbonyl (C=O) groups is 2. The minimum Gasteiger partial charge on any atom is -0.478 e. The van der Waals surface area contributed by atoms with Gasteiger partial charge < -0.3 is 26.4 Å². The van der Waals surface area contributed by atoms with Crippen LogP contribution >= 0.6 is 0 Å². The predicted octanol–water partition coefficient (Wildman–Crippen LogP) is 0.760. The molecule has 0 fully saturated rings. The second kappa shape index (κ2) is 11.2. The van der Waals surface area contributed by atoms with Gasteiger partial charge >= 0.3 is 18.1 Å². The molecule has 1 aromatic heterocycles. The number of halogens is 3. The van der Waals surface area contributed by atoms with Crippen LogP contribution < -0.4 is 11.1 Å². The molecule has 6 N–H and O–H groups in total. The number of alkyl halides is 3. The highest BCUT2D eigenvalue weighted by molar-refractivity contribution is 5.91. The molecule has 0 aliphatic rings. The Labute approximate surface area is 167 Å². The first-order chi connectivity index (χ1) is 14.0. The van der Waals surface area contributed by atoms with Crippen molar-refractivity contribution in [2.75, 3.05) is 11.9 Å². The molecule has 30 heavy (non-hydrogen) atoms. The van der Waals surface area contributed by atoms with Crippen LogP contribution in [0.15, 0.2) is 47.6 Å². The summed E-state index contributed by atoms with van der Waals surface area (Å²) in [4.78, 5) is 23.5. The van der Waals surface area contributed by atoms with E-state index in [9.17, 15) is 22.8 Å². The quantitative estimate of drug-likeness (QED) is 0.252. The molecule has 1 aromatic carbocycles. The fourth-order valence-electron chi connectivity index (χ4n) is 1.71. The third kappa shape index (κ3) is 9.84. The summed E-state index contributed by atoms with van der Waals surface area (Å²) >= 11 is 0. The molecule has 11 nitrogen and oxygen atoms in total. The Morgan fingerprint density at radius 1 is 1.23 bits per heavy atom. The van der Waals surface area contributed by atoms with Crippen molar-refractivity contribution in [1.29, 1.82) is 0 Å². The van der Waals surface area contributed by atoms with Crippen LogP contribution in [0.1, 0.15) is 5.56 Å². The normalized spacial score (nSPS) is 11.7. The third-order valence-corrected chi connectivity index (χ3v) is 2.87. The monoisotopic (exact) mass is 430 g/mol. The number of aliphatic imine (C=N–C) groups is 1. The number of nitrogens with one attached hydrogen (secondary N) is 1. The summed E-state index contributed by atoms with van der Waals surface area (Å²) in [7, 11) is 0. The highest BCUT2D eigenvalue weighted by atomic mass is 19.4. The van der Waals surface area contributed by atoms with E-state index in [2.05, 4.69) is 20.5 Å². The van der Waals surface area contributed by atoms with Gasteiger partial charge in [0.05, 0.1) is 18.5 Å². The van der Waals surface area contributed by atoms with Crippen LogP contribution in [0.5, 0.6) is 0 Å². The van der Waals surface area contributed by atoms with E-state index in [0.717, 1.165) is 0 Å². The summed E-state index contributed by atoms with van der Waals surface area (Å²) in [5.41, 5.74) is 6.60. The average Bonchev–Trinajstić information content (AvgIpc) is 3.13. The number of nitrogens with zero attached hydrogens (tertiary/aromatic N) is 4. The second-order valence-corrected chi connectivity index (χ2v) is 5.30. The van der Waals surface area contributed by atoms with Gasteiger partial charge in [0.2, 0.25) is 0 Å². The highest BCUT2D eigenvalue weighted by Crippen LogP contribution is 2.14. The van der Waals surface area contributed by atoms with Crippen LogP contribution in [0.4, 0.5) is 19.0 Å². The zero-order valence-corrected chi connectivity index (χ0v) is 15.1. The SMILES string of the molecule is NC(=NCC(F)(F)F)Nc1cnn(-c2cccc(CO)c2)n1.O=C(O)C=CC(=O)O. The molecule has 1 heterocycles. The topological polar surface area (TPSA) is 176 Å². The van der Waals surface area contributed by atoms with Gasteiger partial charge in [-0.1, -0.05) is 12.1 Å². The number of nitrogens with two attached hydrogens (primary N) is 1. The maximum Gasteiger partial charge on any atom is 0.408 e. The van der Waals surface area contributed by atoms with Crippen LogP contribution in [-0.4, -0.2) is 60.9 Å². The Bertz CT molecular complexity index is 910. The van der Waals surface area contributed by atoms with E-state index in [4.69, 9.17) is 21.1 Å². The number of rotatable bonds is 6. The lowest BCUT2D eigenvalue weighted by atomic mass is 10.2. The molecular formula is C16H17F3N6O5. The third-order valence-electron chi connectivity index (χ3n) is 2.87. The maximum absolute atomic E-state index is 12.0. The molecule has 162 valence electrons. The number of carboxylic acid groups (broad SMARTS) is 2. The van der Waals surface area contributed by atoms with E-state index in [-0.39, 0.29) is 12.4 Å². The summed E-state index contributed by atoms with van der Waals surface area (Å²) in [6.07, 6.45) is -2.01. The number of aliphatic hydroxyl groups excluding tert-OH is 1. The number of aliphatic carboxylic acids is 2. The zero-order valence-electron chi connectivity index (χ0n) is 15.1. The van der Waals surface area contributed by atoms with Crippen molar-refractivity contribution in [1.82, 2.24) is 15.0 Å². The zero-order chi connectivity index (χ0) is 22.7. The van der Waals surface area contributed by atoms with Crippen molar-refractivity contribution in [2.45, 2.75) is 12.8 Å². The lowest BCUT2D eigenvalue weighted by Gasteiger charge is -2.04. The highest BCUT2D eigenvalue weighted by Gasteiger charge is 2.26. The number of hydrogen-bond acceptors (Lipinski definition) is 6. The molecule has 0 spiro atoms. The maximum atomic E-state index is 12.0. The number of carboxylic acids is 2. The van der Waals surface area contributed by atoms with Gasteiger partial charge in [0.1, 0.15) is 6.54 Å². The summed E-state index contributed by atoms with van der Waals surface area (Å²) in [5.74, 6) is -2.77. The van der Waals surface area contributed by atoms with Gasteiger partial charge in [-0.25, -0.2) is 14.6 Å². The van der Waals surface area contributed by atoms with Crippen LogP contribution in [0.3, 0.4) is 0 Å². The Morgan fingerprint density at radius 2 is 1.87 bits per heavy atom. The van der Waals surface area contributed by atoms with Crippen molar-refractivity contribution < 1.29 is 38.1 Å². The first kappa shape index (κ1) is 24.1. The number of aromatic nitrogens is 3. The summed E-state index contributed by atoms with van der Waals surface area (Å²) in [5, 5.41) is 35.1. The van der Waals surface area contributed by atoms with E-state index in [1.165, 1.54) is 11.0 Å². The van der Waals surface area contributed by atoms with Crippen molar-refractivity contribution in [3.05, 3.63) is 48.2 Å². The van der Waals surface area contributed by atoms with E-state index < -0.39 is 30.6 Å². The predicted molar refractivity (Wildman–Crippen MR) is 97.9 cm³/mol. The molecule has 0 aliphatic carbocycles. The molecule has 0 bridgehead atoms. The Morgan fingerprint density at radius 3 is 2.40 bits per heavy atom. The van der Waals surface area contributed by atoms with Gasteiger partial charge in [0.15, 0.2) is 11.8 Å². The minimum atomic E-state index is -4.42. The van der Waals surface area contributed by atoms with Crippen molar-refractivity contribution in [3.8, 4) is 5.69 Å². The molecule has 0 atom stereocenters. The molecule has 2 aromatic rings. The van der Waals surface area contributed by atoms with E-state index >= 15 is 0 Å². The number of hydrogen-bond donors (Lipinski definition) is 5. The van der Waals surface area contributed by atoms with Crippen molar-refractivity contribution in [3.63, 3.8) is 0 Å². The van der Waals surface area contributed by atoms with Gasteiger partial charge in [-0.2, -0.15) is 18.3 Å². The standard InChI is InChI=1S/C12H13F3N6O.C4H4O4/c13-12(14,15)7-17-11(16)19-10-5-18-21(20-10)9-3-1-2-8(4-9)6-22;5-3(6)1-2-4(7)8/h1-5,22H,6-7H2,(H3,16,17,19,20);1-2H,(H,5,6)(H,7,8). The largest absolute Gasteiger partial charge is 0.478 e. The van der Waals surface area contributed by atoms with E-state index in [1.807, 2.05) is 0 Å². The smallest absolute Gasteiger partial charge is 0.408 e. The van der Waals surface area contributed by atoms with Gasteiger partial charge in [-0.15, -0.1) is 9.90 Å². The first-order valence-corrected chi connectivity index (χ1v) is 7.90. The van der Waals surface area contributed by atoms with Crippen LogP contribution in [0.2, 0.25) is 0 Å². The molecular weight excluding hydrogens is 413 g/mol. The Kier molecular flexibility index (Phi) is 8.96. The fourth-order valence-corrected chi connectivity index (χ4v) is 1.71. The summed E-state index contributed by atoms with van der Waals surface area (Å²) in [6.45, 7) is -1.50. The van der Waals surface area contributed by atoms with Gasteiger partial charge in [0.25, 0.3) is 0 Å². The Hall–Kier alpha value is -3.94. The molecule has 2 rings (SSSR count). The average molecular weight is 430 g/mol. The van der Waals surface area contributed by atoms with E-state index in [0.29, 0.717) is 23.4 Å². The van der Waals surface area contributed by atoms with Crippen molar-refractivity contribution >= 4 is 23.7 Å². The first-order valence-electron chi connectivity index (χ1n) is 7.90. The van der Waals surface area contributed by atoms with E-state index in [1.54, 1.807) is 24.3 Å². The van der Waals surface area contributed by atoms with Crippen LogP contribution in [0.25, 0.3) is 5.69 Å². The van der Waals surface area contributed by atoms with Crippen LogP contribution in [-0.2, 0) is 16.2 Å². The molecule has 0 aliphatic heterocycles. The summed E-state index contributed by atoms with van der Waals surface area (Å²) < 4.78 is 36.0. The number of guanidine groups is 1. The molecule has 0 saturated heterocycles. The number of benzene rings is 1. The number of aliphatic hydroxyl groups is 1. The van der Waals surface area contributed by atoms with Gasteiger partial charge in [-0.3, -0.25) is 0 Å². The molecule has 14 heteroatoms. The van der Waals surface area contributed by atoms with Gasteiger partial charge in [-0.05, 0) is 17.7 Å².